The van der Waals surface area contributed by atoms with E-state index < -0.39 is 0 Å². The van der Waals surface area contributed by atoms with Crippen molar-refractivity contribution in [2.24, 2.45) is 5.92 Å². The highest BCUT2D eigenvalue weighted by atomic mass is 19.1. The third kappa shape index (κ3) is 3.30. The van der Waals surface area contributed by atoms with E-state index >= 15 is 0 Å². The quantitative estimate of drug-likeness (QED) is 0.756. The molecule has 4 heteroatoms. The molecule has 1 heterocycles. The average molecular weight is 198 g/mol. The van der Waals surface area contributed by atoms with Gasteiger partial charge in [0.25, 0.3) is 0 Å². The number of aliphatic hydroxyl groups excluding tert-OH is 1. The van der Waals surface area contributed by atoms with Crippen LogP contribution >= 0.6 is 0 Å². The summed E-state index contributed by atoms with van der Waals surface area (Å²) in [5.41, 5.74) is 0. The zero-order valence-corrected chi connectivity index (χ0v) is 8.20. The van der Waals surface area contributed by atoms with Crippen molar-refractivity contribution in [3.8, 4) is 0 Å². The van der Waals surface area contributed by atoms with Gasteiger partial charge in [-0.3, -0.25) is 0 Å². The standard InChI is InChI=1S/C10H15FN2O/c1-8(4-6-14)7-13-10-9(11)3-2-5-12-10/h2-3,5,8,14H,4,6-7H2,1H3,(H,12,13). The summed E-state index contributed by atoms with van der Waals surface area (Å²) in [5.74, 6) is 0.238. The lowest BCUT2D eigenvalue weighted by molar-refractivity contribution is 0.265. The van der Waals surface area contributed by atoms with Crippen LogP contribution in [0.3, 0.4) is 0 Å². The Morgan fingerprint density at radius 1 is 1.64 bits per heavy atom. The molecule has 2 N–H and O–H groups in total. The molecule has 14 heavy (non-hydrogen) atoms. The topological polar surface area (TPSA) is 45.1 Å². The van der Waals surface area contributed by atoms with Crippen LogP contribution < -0.4 is 5.32 Å². The smallest absolute Gasteiger partial charge is 0.165 e. The molecule has 0 saturated carbocycles. The lowest BCUT2D eigenvalue weighted by atomic mass is 10.1. The average Bonchev–Trinajstić information content (AvgIpc) is 2.17. The zero-order chi connectivity index (χ0) is 10.4. The van der Waals surface area contributed by atoms with Crippen molar-refractivity contribution in [2.75, 3.05) is 18.5 Å². The lowest BCUT2D eigenvalue weighted by Crippen LogP contribution is -2.14. The Bertz CT molecular complexity index is 281. The largest absolute Gasteiger partial charge is 0.396 e. The highest BCUT2D eigenvalue weighted by Crippen LogP contribution is 2.10. The molecule has 1 aromatic heterocycles. The zero-order valence-electron chi connectivity index (χ0n) is 8.20. The van der Waals surface area contributed by atoms with Crippen molar-refractivity contribution < 1.29 is 9.50 Å². The predicted molar refractivity (Wildman–Crippen MR) is 53.6 cm³/mol. The fourth-order valence-electron chi connectivity index (χ4n) is 1.11. The van der Waals surface area contributed by atoms with Crippen molar-refractivity contribution in [3.05, 3.63) is 24.1 Å². The Hall–Kier alpha value is -1.16. The summed E-state index contributed by atoms with van der Waals surface area (Å²) >= 11 is 0. The number of pyridine rings is 1. The van der Waals surface area contributed by atoms with Gasteiger partial charge in [-0.05, 0) is 24.5 Å². The van der Waals surface area contributed by atoms with Crippen LogP contribution in [0.4, 0.5) is 10.2 Å². The fourth-order valence-corrected chi connectivity index (χ4v) is 1.11. The molecule has 0 aliphatic carbocycles. The van der Waals surface area contributed by atoms with Gasteiger partial charge in [-0.1, -0.05) is 6.92 Å². The minimum atomic E-state index is -0.344. The summed E-state index contributed by atoms with van der Waals surface area (Å²) < 4.78 is 13.1. The summed E-state index contributed by atoms with van der Waals surface area (Å²) in [4.78, 5) is 3.86. The summed E-state index contributed by atoms with van der Waals surface area (Å²) in [6.45, 7) is 2.77. The second kappa shape index (κ2) is 5.54. The fraction of sp³-hybridized carbons (Fsp3) is 0.500. The number of nitrogens with one attached hydrogen (secondary N) is 1. The summed E-state index contributed by atoms with van der Waals surface area (Å²) in [5, 5.41) is 11.6. The molecule has 0 aliphatic heterocycles. The first-order valence-corrected chi connectivity index (χ1v) is 4.69. The van der Waals surface area contributed by atoms with Gasteiger partial charge in [0, 0.05) is 19.3 Å². The number of aromatic nitrogens is 1. The van der Waals surface area contributed by atoms with Gasteiger partial charge in [-0.15, -0.1) is 0 Å². The molecule has 0 fully saturated rings. The number of aliphatic hydroxyl groups is 1. The van der Waals surface area contributed by atoms with E-state index in [1.807, 2.05) is 6.92 Å². The van der Waals surface area contributed by atoms with Crippen LogP contribution in [-0.2, 0) is 0 Å². The van der Waals surface area contributed by atoms with Crippen molar-refractivity contribution in [1.82, 2.24) is 4.98 Å². The van der Waals surface area contributed by atoms with E-state index in [0.29, 0.717) is 18.9 Å². The third-order valence-corrected chi connectivity index (χ3v) is 2.00. The Labute approximate surface area is 83.0 Å². The van der Waals surface area contributed by atoms with Gasteiger partial charge in [-0.25, -0.2) is 9.37 Å². The number of rotatable bonds is 5. The highest BCUT2D eigenvalue weighted by molar-refractivity contribution is 5.35. The van der Waals surface area contributed by atoms with Crippen molar-refractivity contribution >= 4 is 5.82 Å². The van der Waals surface area contributed by atoms with Crippen LogP contribution in [0.5, 0.6) is 0 Å². The Morgan fingerprint density at radius 2 is 2.43 bits per heavy atom. The second-order valence-electron chi connectivity index (χ2n) is 3.33. The van der Waals surface area contributed by atoms with Crippen molar-refractivity contribution in [2.45, 2.75) is 13.3 Å². The molecule has 1 atom stereocenters. The molecule has 0 spiro atoms. The molecule has 0 bridgehead atoms. The van der Waals surface area contributed by atoms with Crippen LogP contribution in [0.1, 0.15) is 13.3 Å². The molecule has 0 saturated heterocycles. The van der Waals surface area contributed by atoms with E-state index in [-0.39, 0.29) is 18.2 Å². The van der Waals surface area contributed by atoms with Gasteiger partial charge in [0.15, 0.2) is 11.6 Å². The van der Waals surface area contributed by atoms with Crippen LogP contribution in [0.15, 0.2) is 18.3 Å². The van der Waals surface area contributed by atoms with Gasteiger partial charge in [0.2, 0.25) is 0 Å². The van der Waals surface area contributed by atoms with E-state index in [9.17, 15) is 4.39 Å². The lowest BCUT2D eigenvalue weighted by Gasteiger charge is -2.11. The first-order chi connectivity index (χ1) is 6.74. The van der Waals surface area contributed by atoms with E-state index in [1.54, 1.807) is 12.3 Å². The SMILES string of the molecule is CC(CCO)CNc1ncccc1F. The van der Waals surface area contributed by atoms with Crippen molar-refractivity contribution in [3.63, 3.8) is 0 Å². The highest BCUT2D eigenvalue weighted by Gasteiger charge is 2.04. The minimum Gasteiger partial charge on any atom is -0.396 e. The van der Waals surface area contributed by atoms with Crippen LogP contribution in [-0.4, -0.2) is 23.2 Å². The molecule has 0 amide bonds. The van der Waals surface area contributed by atoms with Gasteiger partial charge >= 0.3 is 0 Å². The van der Waals surface area contributed by atoms with Gasteiger partial charge in [-0.2, -0.15) is 0 Å². The number of anilines is 1. The van der Waals surface area contributed by atoms with E-state index in [2.05, 4.69) is 10.3 Å². The molecule has 1 unspecified atom stereocenters. The van der Waals surface area contributed by atoms with Gasteiger partial charge in [0.05, 0.1) is 0 Å². The van der Waals surface area contributed by atoms with Gasteiger partial charge in [0.1, 0.15) is 0 Å². The molecule has 1 aromatic rings. The number of halogens is 1. The third-order valence-electron chi connectivity index (χ3n) is 2.00. The molecular weight excluding hydrogens is 183 g/mol. The molecule has 1 rings (SSSR count). The molecule has 0 aliphatic rings. The predicted octanol–water partition coefficient (Wildman–Crippen LogP) is 1.65. The number of nitrogens with zero attached hydrogens (tertiary/aromatic N) is 1. The Balaban J connectivity index is 2.41. The van der Waals surface area contributed by atoms with E-state index in [1.165, 1.54) is 6.07 Å². The maximum Gasteiger partial charge on any atom is 0.165 e. The van der Waals surface area contributed by atoms with E-state index in [0.717, 1.165) is 0 Å². The second-order valence-corrected chi connectivity index (χ2v) is 3.33. The molecule has 78 valence electrons. The van der Waals surface area contributed by atoms with Crippen LogP contribution in [0.25, 0.3) is 0 Å². The first kappa shape index (κ1) is 10.9. The van der Waals surface area contributed by atoms with E-state index in [4.69, 9.17) is 5.11 Å². The van der Waals surface area contributed by atoms with Crippen molar-refractivity contribution in [1.29, 1.82) is 0 Å². The van der Waals surface area contributed by atoms with Gasteiger partial charge < -0.3 is 10.4 Å². The molecular formula is C10H15FN2O. The molecule has 0 aromatic carbocycles. The summed E-state index contributed by atoms with van der Waals surface area (Å²) in [6, 6.07) is 2.92. The maximum absolute atomic E-state index is 13.1. The molecule has 3 nitrogen and oxygen atoms in total. The summed E-state index contributed by atoms with van der Waals surface area (Å²) in [7, 11) is 0. The minimum absolute atomic E-state index is 0.160. The summed E-state index contributed by atoms with van der Waals surface area (Å²) in [6.07, 6.45) is 2.25. The first-order valence-electron chi connectivity index (χ1n) is 4.69. The molecule has 0 radical (unpaired) electrons. The number of hydrogen-bond acceptors (Lipinski definition) is 3. The number of hydrogen-bond donors (Lipinski definition) is 2. The monoisotopic (exact) mass is 198 g/mol. The Morgan fingerprint density at radius 3 is 3.07 bits per heavy atom. The Kier molecular flexibility index (Phi) is 4.32. The van der Waals surface area contributed by atoms with Crippen LogP contribution in [0.2, 0.25) is 0 Å². The van der Waals surface area contributed by atoms with Crippen LogP contribution in [0, 0.1) is 11.7 Å². The normalized spacial score (nSPS) is 12.5. The maximum atomic E-state index is 13.1.